The van der Waals surface area contributed by atoms with E-state index in [0.717, 1.165) is 0 Å². The summed E-state index contributed by atoms with van der Waals surface area (Å²) in [4.78, 5) is 0. The van der Waals surface area contributed by atoms with Crippen molar-refractivity contribution in [3.8, 4) is 0 Å². The van der Waals surface area contributed by atoms with Crippen LogP contribution in [0.15, 0.2) is 0 Å². The van der Waals surface area contributed by atoms with Crippen LogP contribution in [0.5, 0.6) is 0 Å². The molecular formula is C4H19NP2. The van der Waals surface area contributed by atoms with E-state index < -0.39 is 0 Å². The highest BCUT2D eigenvalue weighted by Gasteiger charge is 1.35. The van der Waals surface area contributed by atoms with Gasteiger partial charge in [-0.15, -0.1) is 0 Å². The summed E-state index contributed by atoms with van der Waals surface area (Å²) in [6, 6.07) is 0. The van der Waals surface area contributed by atoms with Crippen LogP contribution in [0.25, 0.3) is 0 Å². The SMILES string of the molecule is CCC.CN.[2H]P.[2H]P. The van der Waals surface area contributed by atoms with Gasteiger partial charge in [-0.1, -0.05) is 20.3 Å². The number of rotatable bonds is 0. The van der Waals surface area contributed by atoms with E-state index in [1.165, 1.54) is 13.5 Å². The molecule has 0 radical (unpaired) electrons. The highest BCUT2D eigenvalue weighted by molar-refractivity contribution is 6.92. The average Bonchev–Trinajstić information content (AvgIpc) is 2.01. The zero-order valence-electron chi connectivity index (χ0n) is 7.44. The first-order chi connectivity index (χ1) is 4.41. The first-order valence-corrected chi connectivity index (χ1v) is 1.99. The van der Waals surface area contributed by atoms with Gasteiger partial charge in [0.15, 0.2) is 0 Å². The van der Waals surface area contributed by atoms with Gasteiger partial charge in [0.2, 0.25) is 0 Å². The Kier molecular flexibility index (Phi) is 107. The Morgan fingerprint density at radius 1 is 1.29 bits per heavy atom. The van der Waals surface area contributed by atoms with Gasteiger partial charge in [0.05, 0.1) is 2.56 Å². The summed E-state index contributed by atoms with van der Waals surface area (Å²) in [5.41, 5.74) is 4.50. The minimum absolute atomic E-state index is 1.25. The van der Waals surface area contributed by atoms with Gasteiger partial charge in [-0.05, 0) is 7.05 Å². The molecular weight excluding hydrogens is 124 g/mol. The van der Waals surface area contributed by atoms with Gasteiger partial charge >= 0.3 is 0 Å². The zero-order chi connectivity index (χ0) is 8.71. The maximum Gasteiger partial charge on any atom is 0.0511 e. The van der Waals surface area contributed by atoms with Crippen LogP contribution in [0.1, 0.15) is 20.3 Å². The monoisotopic (exact) mass is 145 g/mol. The van der Waals surface area contributed by atoms with Crippen LogP contribution in [0.3, 0.4) is 0 Å². The quantitative estimate of drug-likeness (QED) is 0.507. The summed E-state index contributed by atoms with van der Waals surface area (Å²) in [6.07, 6.45) is 1.25. The van der Waals surface area contributed by atoms with Gasteiger partial charge < -0.3 is 5.73 Å². The number of nitrogens with two attached hydrogens (primary N) is 1. The molecule has 0 spiro atoms. The van der Waals surface area contributed by atoms with Crippen molar-refractivity contribution < 1.29 is 0 Å². The molecule has 50 valence electrons. The van der Waals surface area contributed by atoms with Crippen LogP contribution in [0.2, 0.25) is 0 Å². The molecule has 0 aliphatic heterocycles. The van der Waals surface area contributed by atoms with Gasteiger partial charge in [-0.3, -0.25) is 0 Å². The molecule has 0 saturated heterocycles. The molecule has 0 aromatic carbocycles. The lowest BCUT2D eigenvalue weighted by atomic mass is 10.6. The lowest BCUT2D eigenvalue weighted by Crippen LogP contribution is -1.69. The molecule has 2 N–H and O–H groups in total. The van der Waals surface area contributed by atoms with Crippen LogP contribution >= 0.6 is 19.7 Å². The molecule has 7 heavy (non-hydrogen) atoms. The minimum atomic E-state index is 1.25. The highest BCUT2D eigenvalue weighted by atomic mass is 31.0. The van der Waals surface area contributed by atoms with Crippen LogP contribution in [0, 0.1) is 0 Å². The van der Waals surface area contributed by atoms with Gasteiger partial charge in [0, 0.05) is 0 Å². The molecule has 0 heterocycles. The Balaban J connectivity index is -0.0000000190. The van der Waals surface area contributed by atoms with E-state index in [0.29, 0.717) is 0 Å². The molecule has 0 aliphatic rings. The summed E-state index contributed by atoms with van der Waals surface area (Å²) in [5, 5.41) is 0. The second-order valence-corrected chi connectivity index (χ2v) is 0.707. The minimum Gasteiger partial charge on any atom is -0.333 e. The van der Waals surface area contributed by atoms with Crippen molar-refractivity contribution in [1.29, 1.82) is 2.56 Å². The molecule has 0 aromatic heterocycles. The third kappa shape index (κ3) is 236. The van der Waals surface area contributed by atoms with Crippen LogP contribution in [-0.4, -0.2) is 9.60 Å². The van der Waals surface area contributed by atoms with Crippen LogP contribution < -0.4 is 5.73 Å². The second kappa shape index (κ2) is 69.7. The number of hydrogen-bond acceptors (Lipinski definition) is 1. The average molecular weight is 145 g/mol. The predicted octanol–water partition coefficient (Wildman–Crippen LogP) is 1.11. The standard InChI is InChI=1S/C3H8.CH5N.2H3P/c1-3-2;1-2;;/h3H2,1-2H3;2H2,1H3;2*1H3/i;;2*1D. The van der Waals surface area contributed by atoms with E-state index in [1.54, 1.807) is 19.7 Å². The Morgan fingerprint density at radius 2 is 1.29 bits per heavy atom. The molecule has 0 rings (SSSR count). The van der Waals surface area contributed by atoms with Crippen molar-refractivity contribution in [1.82, 2.24) is 0 Å². The molecule has 1 nitrogen and oxygen atoms in total. The molecule has 0 fully saturated rings. The lowest BCUT2D eigenvalue weighted by molar-refractivity contribution is 1.09. The number of hydrogen-bond donors (Lipinski definition) is 1. The van der Waals surface area contributed by atoms with E-state index in [1.807, 2.05) is 0 Å². The topological polar surface area (TPSA) is 26.0 Å². The summed E-state index contributed by atoms with van der Waals surface area (Å²) in [6.45, 7) is 4.25. The Morgan fingerprint density at radius 3 is 1.29 bits per heavy atom. The molecule has 0 bridgehead atoms. The molecule has 3 heteroatoms. The van der Waals surface area contributed by atoms with Crippen LogP contribution in [0.4, 0.5) is 0 Å². The lowest BCUT2D eigenvalue weighted by Gasteiger charge is -1.48. The fourth-order valence-corrected chi connectivity index (χ4v) is 0. The van der Waals surface area contributed by atoms with E-state index >= 15 is 0 Å². The molecule has 0 aromatic rings. The van der Waals surface area contributed by atoms with Crippen LogP contribution in [-0.2, 0) is 0 Å². The largest absolute Gasteiger partial charge is 0.333 e. The third-order valence-corrected chi connectivity index (χ3v) is 0. The molecule has 2 unspecified atom stereocenters. The summed E-state index contributed by atoms with van der Waals surface area (Å²) >= 11 is 0. The molecule has 0 aliphatic carbocycles. The predicted molar refractivity (Wildman–Crippen MR) is 48.3 cm³/mol. The summed E-state index contributed by atoms with van der Waals surface area (Å²) in [5.74, 6) is 0. The fourth-order valence-electron chi connectivity index (χ4n) is 0. The van der Waals surface area contributed by atoms with Gasteiger partial charge in [0.1, 0.15) is 0 Å². The normalized spacial score (nSPS) is 5.43. The maximum atomic E-state index is 5.67. The van der Waals surface area contributed by atoms with Crippen molar-refractivity contribution in [3.63, 3.8) is 0 Å². The molecule has 0 saturated carbocycles. The Hall–Kier alpha value is 0.820. The van der Waals surface area contributed by atoms with Crippen molar-refractivity contribution in [2.24, 2.45) is 5.73 Å². The molecule has 2 atom stereocenters. The van der Waals surface area contributed by atoms with Crippen molar-refractivity contribution >= 4 is 19.7 Å². The first kappa shape index (κ1) is 10.7. The second-order valence-electron chi connectivity index (χ2n) is 0.707. The third-order valence-electron chi connectivity index (χ3n) is 0. The van der Waals surface area contributed by atoms with E-state index in [9.17, 15) is 0 Å². The highest BCUT2D eigenvalue weighted by Crippen LogP contribution is 1.56. The first-order valence-electron chi connectivity index (χ1n) is 3.15. The van der Waals surface area contributed by atoms with Gasteiger partial charge in [-0.25, -0.2) is 0 Å². The van der Waals surface area contributed by atoms with Gasteiger partial charge in [0.25, 0.3) is 0 Å². The van der Waals surface area contributed by atoms with E-state index in [2.05, 4.69) is 19.6 Å². The summed E-state index contributed by atoms with van der Waals surface area (Å²) < 4.78 is 11.3. The van der Waals surface area contributed by atoms with E-state index in [4.69, 9.17) is 2.56 Å². The van der Waals surface area contributed by atoms with E-state index in [-0.39, 0.29) is 0 Å². The van der Waals surface area contributed by atoms with Gasteiger partial charge in [-0.2, -0.15) is 19.7 Å². The zero-order valence-corrected chi connectivity index (χ0v) is 7.75. The van der Waals surface area contributed by atoms with Crippen molar-refractivity contribution in [2.75, 3.05) is 7.05 Å². The Bertz CT molecular complexity index is 16.5. The fraction of sp³-hybridized carbons (Fsp3) is 1.00. The summed E-state index contributed by atoms with van der Waals surface area (Å²) in [7, 11) is 4.83. The smallest absolute Gasteiger partial charge is 0.0511 e. The van der Waals surface area contributed by atoms with Crippen molar-refractivity contribution in [2.45, 2.75) is 20.3 Å². The van der Waals surface area contributed by atoms with Crippen molar-refractivity contribution in [3.05, 3.63) is 0 Å². The Labute approximate surface area is 56.2 Å². The molecule has 0 amide bonds. The maximum absolute atomic E-state index is 5.67.